The minimum atomic E-state index is -0.175. The SMILES string of the molecule is CCCCCCCCCCCCC1(CCCCCCCCCCCC)C(=S)SC(=C[O-])C1=S.[Na+]. The van der Waals surface area contributed by atoms with E-state index in [-0.39, 0.29) is 35.0 Å². The molecule has 1 heterocycles. The summed E-state index contributed by atoms with van der Waals surface area (Å²) in [5, 5.41) is 11.5. The fourth-order valence-corrected chi connectivity index (χ4v) is 7.26. The van der Waals surface area contributed by atoms with Crippen molar-refractivity contribution in [1.82, 2.24) is 0 Å². The van der Waals surface area contributed by atoms with Gasteiger partial charge >= 0.3 is 29.6 Å². The summed E-state index contributed by atoms with van der Waals surface area (Å²) in [5.74, 6) is 0. The first-order valence-electron chi connectivity index (χ1n) is 14.2. The summed E-state index contributed by atoms with van der Waals surface area (Å²) in [6.45, 7) is 4.55. The molecule has 0 amide bonds. The van der Waals surface area contributed by atoms with E-state index >= 15 is 0 Å². The molecule has 0 aromatic rings. The van der Waals surface area contributed by atoms with Gasteiger partial charge in [-0.1, -0.05) is 178 Å². The minimum Gasteiger partial charge on any atom is -0.877 e. The minimum absolute atomic E-state index is 0. The zero-order chi connectivity index (χ0) is 24.2. The maximum Gasteiger partial charge on any atom is 1.00 e. The molecule has 1 fully saturated rings. The molecule has 5 heteroatoms. The third kappa shape index (κ3) is 14.1. The molecule has 1 saturated heterocycles. The molecular weight excluding hydrogens is 484 g/mol. The van der Waals surface area contributed by atoms with Crippen molar-refractivity contribution in [1.29, 1.82) is 0 Å². The summed E-state index contributed by atoms with van der Waals surface area (Å²) in [5.41, 5.74) is -0.175. The average Bonchev–Trinajstić information content (AvgIpc) is 3.06. The van der Waals surface area contributed by atoms with Crippen LogP contribution >= 0.6 is 36.2 Å². The Bertz CT molecular complexity index is 538. The second-order valence-electron chi connectivity index (χ2n) is 10.1. The van der Waals surface area contributed by atoms with Gasteiger partial charge in [-0.15, -0.1) is 6.26 Å². The van der Waals surface area contributed by atoms with Gasteiger partial charge in [-0.2, -0.15) is 0 Å². The monoisotopic (exact) mass is 534 g/mol. The normalized spacial score (nSPS) is 16.4. The largest absolute Gasteiger partial charge is 1.00 e. The molecule has 1 aliphatic heterocycles. The van der Waals surface area contributed by atoms with Gasteiger partial charge in [-0.3, -0.25) is 0 Å². The quantitative estimate of drug-likeness (QED) is 0.0480. The molecule has 0 unspecified atom stereocenters. The first kappa shape index (κ1) is 35.1. The van der Waals surface area contributed by atoms with E-state index in [2.05, 4.69) is 13.8 Å². The maximum atomic E-state index is 11.5. The van der Waals surface area contributed by atoms with Crippen LogP contribution in [0.2, 0.25) is 0 Å². The van der Waals surface area contributed by atoms with Crippen LogP contribution in [0.1, 0.15) is 155 Å². The number of rotatable bonds is 22. The van der Waals surface area contributed by atoms with Crippen molar-refractivity contribution < 1.29 is 34.7 Å². The van der Waals surface area contributed by atoms with Crippen LogP contribution in [0.15, 0.2) is 11.2 Å². The van der Waals surface area contributed by atoms with Crippen molar-refractivity contribution >= 4 is 45.3 Å². The van der Waals surface area contributed by atoms with E-state index in [0.29, 0.717) is 4.91 Å². The number of thioether (sulfide) groups is 1. The topological polar surface area (TPSA) is 23.1 Å². The van der Waals surface area contributed by atoms with Crippen LogP contribution in [0.5, 0.6) is 0 Å². The Morgan fingerprint density at radius 1 is 0.618 bits per heavy atom. The van der Waals surface area contributed by atoms with Crippen LogP contribution in [0.4, 0.5) is 0 Å². The van der Waals surface area contributed by atoms with Gasteiger partial charge in [0.15, 0.2) is 0 Å². The maximum absolute atomic E-state index is 11.5. The van der Waals surface area contributed by atoms with Crippen LogP contribution < -0.4 is 34.7 Å². The van der Waals surface area contributed by atoms with E-state index in [0.717, 1.165) is 28.2 Å². The molecule has 0 radical (unpaired) electrons. The Hall–Kier alpha value is 1.07. The molecule has 0 atom stereocenters. The standard InChI is InChI=1S/C29H52OS3.Na/c1-3-5-7-9-11-13-15-17-19-21-23-29(27(31)26(25-30)33-28(29)32)24-22-20-18-16-14-12-10-8-6-4-2;/h25,30H,3-24H2,1-2H3;/q;+1/p-1. The molecule has 1 rings (SSSR count). The third-order valence-corrected chi connectivity index (χ3v) is 9.75. The summed E-state index contributed by atoms with van der Waals surface area (Å²) in [4.78, 5) is 1.58. The van der Waals surface area contributed by atoms with Crippen LogP contribution in [0.3, 0.4) is 0 Å². The predicted octanol–water partition coefficient (Wildman–Crippen LogP) is 7.24. The van der Waals surface area contributed by atoms with Gasteiger partial charge in [0.05, 0.1) is 4.20 Å². The number of allylic oxidation sites excluding steroid dienone is 1. The molecule has 192 valence electrons. The number of thiocarbonyl (C=S) groups is 2. The Morgan fingerprint density at radius 2 is 0.941 bits per heavy atom. The fourth-order valence-electron chi connectivity index (χ4n) is 5.03. The Labute approximate surface area is 249 Å². The zero-order valence-electron chi connectivity index (χ0n) is 22.8. The molecule has 0 spiro atoms. The van der Waals surface area contributed by atoms with Gasteiger partial charge in [0, 0.05) is 15.2 Å². The van der Waals surface area contributed by atoms with Gasteiger partial charge < -0.3 is 5.11 Å². The van der Waals surface area contributed by atoms with Crippen molar-refractivity contribution in [2.75, 3.05) is 0 Å². The van der Waals surface area contributed by atoms with Crippen LogP contribution in [-0.2, 0) is 0 Å². The van der Waals surface area contributed by atoms with Crippen molar-refractivity contribution in [3.8, 4) is 0 Å². The van der Waals surface area contributed by atoms with Gasteiger partial charge in [0.1, 0.15) is 0 Å². The summed E-state index contributed by atoms with van der Waals surface area (Å²) in [6.07, 6.45) is 29.9. The summed E-state index contributed by atoms with van der Waals surface area (Å²) < 4.78 is 0.974. The Kier molecular flexibility index (Phi) is 23.9. The fraction of sp³-hybridized carbons (Fsp3) is 0.862. The first-order valence-corrected chi connectivity index (χ1v) is 15.8. The number of hydrogen-bond donors (Lipinski definition) is 0. The van der Waals surface area contributed by atoms with Crippen molar-refractivity contribution in [3.63, 3.8) is 0 Å². The predicted molar refractivity (Wildman–Crippen MR) is 156 cm³/mol. The van der Waals surface area contributed by atoms with E-state index in [4.69, 9.17) is 24.4 Å². The molecule has 1 nitrogen and oxygen atoms in total. The van der Waals surface area contributed by atoms with E-state index in [1.165, 1.54) is 140 Å². The van der Waals surface area contributed by atoms with E-state index in [1.807, 2.05) is 0 Å². The molecule has 0 N–H and O–H groups in total. The molecular formula is C29H51NaOS3. The smallest absolute Gasteiger partial charge is 0.877 e. The van der Waals surface area contributed by atoms with Gasteiger partial charge in [-0.25, -0.2) is 0 Å². The van der Waals surface area contributed by atoms with Crippen molar-refractivity contribution in [2.45, 2.75) is 155 Å². The molecule has 0 aromatic carbocycles. The number of hydrogen-bond acceptors (Lipinski definition) is 4. The second-order valence-corrected chi connectivity index (χ2v) is 12.3. The summed E-state index contributed by atoms with van der Waals surface area (Å²) >= 11 is 13.1. The zero-order valence-corrected chi connectivity index (χ0v) is 27.2. The third-order valence-electron chi connectivity index (χ3n) is 7.27. The van der Waals surface area contributed by atoms with E-state index in [9.17, 15) is 5.11 Å². The van der Waals surface area contributed by atoms with Crippen molar-refractivity contribution in [3.05, 3.63) is 11.2 Å². The molecule has 0 aromatic heterocycles. The van der Waals surface area contributed by atoms with Crippen molar-refractivity contribution in [2.24, 2.45) is 5.41 Å². The molecule has 1 aliphatic rings. The second kappa shape index (κ2) is 23.2. The average molecular weight is 535 g/mol. The van der Waals surface area contributed by atoms with Crippen LogP contribution in [0.25, 0.3) is 0 Å². The number of unbranched alkanes of at least 4 members (excludes halogenated alkanes) is 18. The Balaban J connectivity index is 0.0000109. The van der Waals surface area contributed by atoms with Crippen LogP contribution in [-0.4, -0.2) is 9.06 Å². The first-order chi connectivity index (χ1) is 16.1. The van der Waals surface area contributed by atoms with Gasteiger partial charge in [-0.05, 0) is 12.8 Å². The van der Waals surface area contributed by atoms with E-state index < -0.39 is 0 Å². The van der Waals surface area contributed by atoms with Gasteiger partial charge in [0.2, 0.25) is 0 Å². The summed E-state index contributed by atoms with van der Waals surface area (Å²) in [6, 6.07) is 0. The van der Waals surface area contributed by atoms with Crippen LogP contribution in [0, 0.1) is 5.41 Å². The van der Waals surface area contributed by atoms with Gasteiger partial charge in [0.25, 0.3) is 0 Å². The molecule has 0 saturated carbocycles. The molecule has 0 bridgehead atoms. The summed E-state index contributed by atoms with van der Waals surface area (Å²) in [7, 11) is 0. The molecule has 34 heavy (non-hydrogen) atoms. The molecule has 0 aliphatic carbocycles. The Morgan fingerprint density at radius 3 is 1.24 bits per heavy atom. The van der Waals surface area contributed by atoms with E-state index in [1.54, 1.807) is 0 Å².